The van der Waals surface area contributed by atoms with E-state index >= 15 is 0 Å². The van der Waals surface area contributed by atoms with Crippen LogP contribution in [0.3, 0.4) is 0 Å². The molecule has 4 aliphatic carbocycles. The van der Waals surface area contributed by atoms with Gasteiger partial charge in [-0.15, -0.1) is 11.6 Å². The quantitative estimate of drug-likeness (QED) is 0.330. The van der Waals surface area contributed by atoms with Gasteiger partial charge in [-0.1, -0.05) is 39.3 Å². The first-order chi connectivity index (χ1) is 16.1. The number of fused-ring (bicyclic) bond motifs is 7. The van der Waals surface area contributed by atoms with Crippen LogP contribution in [0.5, 0.6) is 0 Å². The Bertz CT molecular complexity index is 867. The van der Waals surface area contributed by atoms with E-state index in [1.54, 1.807) is 0 Å². The smallest absolute Gasteiger partial charge is 0.293 e. The van der Waals surface area contributed by atoms with Gasteiger partial charge in [0, 0.05) is 23.7 Å². The fourth-order valence-electron chi connectivity index (χ4n) is 9.65. The van der Waals surface area contributed by atoms with E-state index in [-0.39, 0.29) is 40.3 Å². The van der Waals surface area contributed by atoms with Gasteiger partial charge in [0.05, 0.1) is 24.2 Å². The van der Waals surface area contributed by atoms with E-state index in [1.165, 1.54) is 5.57 Å². The second-order valence-electron chi connectivity index (χ2n) is 13.0. The largest absolute Gasteiger partial charge is 0.463 e. The van der Waals surface area contributed by atoms with Crippen LogP contribution in [0.2, 0.25) is 0 Å². The lowest BCUT2D eigenvalue weighted by Gasteiger charge is -2.61. The van der Waals surface area contributed by atoms with Gasteiger partial charge in [-0.2, -0.15) is 0 Å². The Labute approximate surface area is 208 Å². The molecule has 0 bridgehead atoms. The summed E-state index contributed by atoms with van der Waals surface area (Å²) < 4.78 is 18.5. The minimum Gasteiger partial charge on any atom is -0.463 e. The first-order valence-electron chi connectivity index (χ1n) is 13.6. The third-order valence-electron chi connectivity index (χ3n) is 11.6. The van der Waals surface area contributed by atoms with Crippen LogP contribution in [0.15, 0.2) is 11.6 Å². The lowest BCUT2D eigenvalue weighted by Crippen LogP contribution is -2.58. The van der Waals surface area contributed by atoms with Gasteiger partial charge >= 0.3 is 0 Å². The maximum absolute atomic E-state index is 11.8. The standard InChI is InChI=1S/C28H41ClO5/c1-15-7-8-28(33-13-15)16(2)25-23(34-28)10-20-18-6-5-17-9-22(32-14-30)21(29)12-26(17,3)19(18)11-24(31)27(20,25)4/h10,14-19,21-25,31H,5-9,11-13H2,1-4H3/t15-,16-,17-,18+,19-,21-,22-,23-,24-,25-,26-,27+,28+/m0/s1. The van der Waals surface area contributed by atoms with Crippen LogP contribution < -0.4 is 0 Å². The molecule has 5 fully saturated rings. The highest BCUT2D eigenvalue weighted by molar-refractivity contribution is 6.21. The number of aliphatic hydroxyl groups excluding tert-OH is 1. The summed E-state index contributed by atoms with van der Waals surface area (Å²) in [5.41, 5.74) is 1.23. The zero-order valence-electron chi connectivity index (χ0n) is 21.0. The van der Waals surface area contributed by atoms with Crippen molar-refractivity contribution in [3.8, 4) is 0 Å². The summed E-state index contributed by atoms with van der Waals surface area (Å²) in [4.78, 5) is 11.0. The molecule has 6 rings (SSSR count). The van der Waals surface area contributed by atoms with Crippen LogP contribution in [0.4, 0.5) is 0 Å². The molecular formula is C28H41ClO5. The number of alkyl halides is 1. The fourth-order valence-corrected chi connectivity index (χ4v) is 10.1. The van der Waals surface area contributed by atoms with E-state index in [9.17, 15) is 9.90 Å². The molecule has 6 aliphatic rings. The fraction of sp³-hybridized carbons (Fsp3) is 0.893. The molecule has 0 unspecified atom stereocenters. The molecule has 0 radical (unpaired) electrons. The normalized spacial score (nSPS) is 58.4. The molecule has 2 saturated heterocycles. The predicted molar refractivity (Wildman–Crippen MR) is 129 cm³/mol. The first-order valence-corrected chi connectivity index (χ1v) is 14.0. The Morgan fingerprint density at radius 3 is 2.71 bits per heavy atom. The summed E-state index contributed by atoms with van der Waals surface area (Å²) in [7, 11) is 0. The minimum absolute atomic E-state index is 0.0276. The van der Waals surface area contributed by atoms with E-state index in [1.807, 2.05) is 0 Å². The number of hydrogen-bond donors (Lipinski definition) is 1. The average molecular weight is 493 g/mol. The predicted octanol–water partition coefficient (Wildman–Crippen LogP) is 5.08. The molecule has 13 atom stereocenters. The molecule has 5 nitrogen and oxygen atoms in total. The van der Waals surface area contributed by atoms with E-state index in [4.69, 9.17) is 25.8 Å². The number of rotatable bonds is 2. The minimum atomic E-state index is -0.490. The Kier molecular flexibility index (Phi) is 5.55. The zero-order chi connectivity index (χ0) is 24.0. The molecule has 2 aliphatic heterocycles. The van der Waals surface area contributed by atoms with Gasteiger partial charge in [0.1, 0.15) is 6.10 Å². The molecule has 1 spiro atoms. The van der Waals surface area contributed by atoms with Crippen molar-refractivity contribution in [3.63, 3.8) is 0 Å². The van der Waals surface area contributed by atoms with E-state index < -0.39 is 11.9 Å². The highest BCUT2D eigenvalue weighted by Crippen LogP contribution is 2.69. The van der Waals surface area contributed by atoms with Crippen molar-refractivity contribution in [1.82, 2.24) is 0 Å². The van der Waals surface area contributed by atoms with Crippen molar-refractivity contribution in [3.05, 3.63) is 11.6 Å². The highest BCUT2D eigenvalue weighted by atomic mass is 35.5. The number of ether oxygens (including phenoxy) is 3. The molecule has 2 heterocycles. The summed E-state index contributed by atoms with van der Waals surface area (Å²) in [5.74, 6) is 1.94. The van der Waals surface area contributed by atoms with E-state index in [0.717, 1.165) is 51.6 Å². The van der Waals surface area contributed by atoms with Crippen molar-refractivity contribution >= 4 is 18.1 Å². The summed E-state index contributed by atoms with van der Waals surface area (Å²) >= 11 is 6.77. The number of halogens is 1. The van der Waals surface area contributed by atoms with Gasteiger partial charge < -0.3 is 19.3 Å². The Balaban J connectivity index is 1.30. The van der Waals surface area contributed by atoms with Gasteiger partial charge in [-0.25, -0.2) is 0 Å². The number of aliphatic hydroxyl groups is 1. The highest BCUT2D eigenvalue weighted by Gasteiger charge is 2.69. The Morgan fingerprint density at radius 2 is 2.00 bits per heavy atom. The van der Waals surface area contributed by atoms with Crippen molar-refractivity contribution in [2.75, 3.05) is 6.61 Å². The molecule has 3 saturated carbocycles. The van der Waals surface area contributed by atoms with Crippen LogP contribution >= 0.6 is 11.6 Å². The van der Waals surface area contributed by atoms with Gasteiger partial charge in [-0.3, -0.25) is 4.79 Å². The second-order valence-corrected chi connectivity index (χ2v) is 13.6. The number of carbonyl (C=O) groups is 1. The first kappa shape index (κ1) is 23.8. The second kappa shape index (κ2) is 7.94. The third kappa shape index (κ3) is 3.05. The summed E-state index contributed by atoms with van der Waals surface area (Å²) in [6, 6.07) is 0. The zero-order valence-corrected chi connectivity index (χ0v) is 21.8. The van der Waals surface area contributed by atoms with Crippen molar-refractivity contribution in [2.24, 2.45) is 46.3 Å². The van der Waals surface area contributed by atoms with Crippen molar-refractivity contribution < 1.29 is 24.1 Å². The number of carbonyl (C=O) groups excluding carboxylic acids is 1. The molecule has 1 N–H and O–H groups in total. The van der Waals surface area contributed by atoms with Crippen LogP contribution in [0, 0.1) is 46.3 Å². The third-order valence-corrected chi connectivity index (χ3v) is 12.1. The molecule has 190 valence electrons. The summed E-state index contributed by atoms with van der Waals surface area (Å²) in [6.45, 7) is 10.6. The molecule has 0 aromatic carbocycles. The maximum Gasteiger partial charge on any atom is 0.293 e. The number of hydrogen-bond acceptors (Lipinski definition) is 5. The lowest BCUT2D eigenvalue weighted by atomic mass is 9.45. The van der Waals surface area contributed by atoms with Crippen molar-refractivity contribution in [1.29, 1.82) is 0 Å². The Hall–Kier alpha value is -0.620. The summed E-state index contributed by atoms with van der Waals surface area (Å²) in [5, 5.41) is 11.7. The van der Waals surface area contributed by atoms with Gasteiger partial charge in [-0.05, 0) is 67.6 Å². The maximum atomic E-state index is 11.8. The summed E-state index contributed by atoms with van der Waals surface area (Å²) in [6.07, 6.45) is 8.67. The van der Waals surface area contributed by atoms with Gasteiger partial charge in [0.25, 0.3) is 6.47 Å². The van der Waals surface area contributed by atoms with Gasteiger partial charge in [0.15, 0.2) is 5.79 Å². The molecule has 0 aromatic rings. The van der Waals surface area contributed by atoms with Crippen LogP contribution in [0.25, 0.3) is 0 Å². The van der Waals surface area contributed by atoms with Crippen molar-refractivity contribution in [2.45, 2.75) is 102 Å². The molecule has 0 aromatic heterocycles. The van der Waals surface area contributed by atoms with Crippen LogP contribution in [-0.2, 0) is 19.0 Å². The molecular weight excluding hydrogens is 452 g/mol. The SMILES string of the molecule is C[C@H]1CC[C@@]2(OC1)O[C@H]1C=C3[C@@H]4CC[C@H]5C[C@H](OC=O)[C@@H](Cl)C[C@]5(C)[C@H]4C[C@H](O)[C@]3(C)[C@H]1[C@@H]2C. The topological polar surface area (TPSA) is 65.0 Å². The lowest BCUT2D eigenvalue weighted by molar-refractivity contribution is -0.265. The molecule has 34 heavy (non-hydrogen) atoms. The van der Waals surface area contributed by atoms with E-state index in [2.05, 4.69) is 33.8 Å². The van der Waals surface area contributed by atoms with Gasteiger partial charge in [0.2, 0.25) is 0 Å². The van der Waals surface area contributed by atoms with Crippen LogP contribution in [-0.4, -0.2) is 47.7 Å². The molecule has 6 heteroatoms. The van der Waals surface area contributed by atoms with E-state index in [0.29, 0.717) is 30.1 Å². The average Bonchev–Trinajstić information content (AvgIpc) is 3.24. The van der Waals surface area contributed by atoms with Crippen LogP contribution in [0.1, 0.15) is 72.6 Å². The molecule has 0 amide bonds. The monoisotopic (exact) mass is 492 g/mol. The Morgan fingerprint density at radius 1 is 1.21 bits per heavy atom.